The molecule has 4 N–H and O–H groups in total. The van der Waals surface area contributed by atoms with E-state index in [9.17, 15) is 44.9 Å². The van der Waals surface area contributed by atoms with Gasteiger partial charge in [0.1, 0.15) is 11.5 Å². The van der Waals surface area contributed by atoms with E-state index in [-0.39, 0.29) is 33.6 Å². The summed E-state index contributed by atoms with van der Waals surface area (Å²) in [6.45, 7) is 6.03. The van der Waals surface area contributed by atoms with Crippen LogP contribution < -0.4 is 4.74 Å². The largest absolute Gasteiger partial charge is 0.478 e. The van der Waals surface area contributed by atoms with E-state index in [0.29, 0.717) is 0 Å². The molecule has 0 aliphatic heterocycles. The molecule has 0 atom stereocenters. The summed E-state index contributed by atoms with van der Waals surface area (Å²) in [5, 5.41) is 47.8. The quantitative estimate of drug-likeness (QED) is 0.338. The Labute approximate surface area is 210 Å². The van der Waals surface area contributed by atoms with Crippen LogP contribution in [0.1, 0.15) is 73.3 Å². The Balaban J connectivity index is 2.34. The summed E-state index contributed by atoms with van der Waals surface area (Å²) < 4.78 is 5.91. The Morgan fingerprint density at radius 3 is 1.57 bits per heavy atom. The van der Waals surface area contributed by atoms with Crippen molar-refractivity contribution in [1.29, 1.82) is 5.26 Å². The lowest BCUT2D eigenvalue weighted by Gasteiger charge is -2.20. The molecule has 0 aliphatic carbocycles. The van der Waals surface area contributed by atoms with Gasteiger partial charge in [0.15, 0.2) is 0 Å². The third-order valence-corrected chi connectivity index (χ3v) is 5.56. The number of carbonyl (C=O) groups is 4. The fourth-order valence-corrected chi connectivity index (χ4v) is 3.65. The lowest BCUT2D eigenvalue weighted by Crippen LogP contribution is -2.11. The Morgan fingerprint density at radius 2 is 1.14 bits per heavy atom. The maximum Gasteiger partial charge on any atom is 0.336 e. The van der Waals surface area contributed by atoms with Crippen LogP contribution in [0.2, 0.25) is 0 Å². The van der Waals surface area contributed by atoms with Gasteiger partial charge in [0.25, 0.3) is 0 Å². The van der Waals surface area contributed by atoms with Gasteiger partial charge < -0.3 is 25.2 Å². The molecule has 0 amide bonds. The Morgan fingerprint density at radius 1 is 0.703 bits per heavy atom. The van der Waals surface area contributed by atoms with Crippen molar-refractivity contribution in [1.82, 2.24) is 0 Å². The van der Waals surface area contributed by atoms with E-state index in [1.165, 1.54) is 0 Å². The molecule has 10 nitrogen and oxygen atoms in total. The van der Waals surface area contributed by atoms with Crippen molar-refractivity contribution in [3.05, 3.63) is 81.9 Å². The lowest BCUT2D eigenvalue weighted by atomic mass is 9.87. The second-order valence-corrected chi connectivity index (χ2v) is 9.05. The van der Waals surface area contributed by atoms with Crippen molar-refractivity contribution in [2.45, 2.75) is 26.2 Å². The predicted octanol–water partition coefficient (Wildman–Crippen LogP) is 5.11. The van der Waals surface area contributed by atoms with Crippen LogP contribution in [0.3, 0.4) is 0 Å². The van der Waals surface area contributed by atoms with E-state index in [2.05, 4.69) is 0 Å². The highest BCUT2D eigenvalue weighted by atomic mass is 16.5. The van der Waals surface area contributed by atoms with Crippen LogP contribution >= 0.6 is 0 Å². The number of carboxylic acid groups (broad SMARTS) is 4. The monoisotopic (exact) mass is 503 g/mol. The summed E-state index contributed by atoms with van der Waals surface area (Å²) in [6, 6.07) is 12.3. The van der Waals surface area contributed by atoms with Gasteiger partial charge in [0, 0.05) is 11.1 Å². The number of benzene rings is 3. The molecule has 188 valence electrons. The van der Waals surface area contributed by atoms with Gasteiger partial charge in [-0.15, -0.1) is 0 Å². The minimum absolute atomic E-state index is 0.113. The van der Waals surface area contributed by atoms with Crippen LogP contribution in [-0.2, 0) is 5.41 Å². The smallest absolute Gasteiger partial charge is 0.336 e. The van der Waals surface area contributed by atoms with Gasteiger partial charge in [0.05, 0.1) is 33.9 Å². The summed E-state index contributed by atoms with van der Waals surface area (Å²) in [6.07, 6.45) is 0. The van der Waals surface area contributed by atoms with E-state index >= 15 is 0 Å². The highest BCUT2D eigenvalue weighted by Crippen LogP contribution is 2.39. The summed E-state index contributed by atoms with van der Waals surface area (Å²) >= 11 is 0. The number of rotatable bonds is 7. The molecule has 0 aliphatic rings. The van der Waals surface area contributed by atoms with Gasteiger partial charge in [0.2, 0.25) is 0 Å². The van der Waals surface area contributed by atoms with Crippen molar-refractivity contribution >= 4 is 23.9 Å². The molecule has 3 rings (SSSR count). The molecule has 0 saturated carbocycles. The molecular weight excluding hydrogens is 482 g/mol. The molecule has 0 saturated heterocycles. The third kappa shape index (κ3) is 5.41. The lowest BCUT2D eigenvalue weighted by molar-refractivity contribution is 0.0651. The molecule has 0 fully saturated rings. The zero-order valence-corrected chi connectivity index (χ0v) is 19.9. The van der Waals surface area contributed by atoms with E-state index in [4.69, 9.17) is 4.74 Å². The number of carboxylic acids is 4. The van der Waals surface area contributed by atoms with Crippen LogP contribution in [0.5, 0.6) is 11.5 Å². The van der Waals surface area contributed by atoms with Crippen molar-refractivity contribution in [2.24, 2.45) is 0 Å². The molecular formula is C27H21NO9. The zero-order chi connectivity index (χ0) is 27.7. The standard InChI is InChI=1S/C27H21NO9/c1-27(2,3)14-4-6-15(7-5-14)37-22-11-21(26(35)36)20(25(33)34)10-17(22)16-9-19(24(31)32)18(23(29)30)8-13(16)12-28/h4-11H,1-3H3,(H,29,30)(H,31,32)(H,33,34)(H,35,36). The molecule has 0 heterocycles. The Hall–Kier alpha value is -5.17. The first-order valence-corrected chi connectivity index (χ1v) is 10.7. The first-order chi connectivity index (χ1) is 17.2. The van der Waals surface area contributed by atoms with Crippen molar-refractivity contribution in [3.8, 4) is 28.7 Å². The van der Waals surface area contributed by atoms with Gasteiger partial charge in [-0.3, -0.25) is 0 Å². The van der Waals surface area contributed by atoms with Crippen LogP contribution in [-0.4, -0.2) is 44.3 Å². The third-order valence-electron chi connectivity index (χ3n) is 5.56. The molecule has 0 radical (unpaired) electrons. The fraction of sp³-hybridized carbons (Fsp3) is 0.148. The summed E-state index contributed by atoms with van der Waals surface area (Å²) in [5.41, 5.74) is -2.26. The van der Waals surface area contributed by atoms with Crippen LogP contribution in [0.15, 0.2) is 48.5 Å². The second kappa shape index (κ2) is 9.83. The van der Waals surface area contributed by atoms with Gasteiger partial charge >= 0.3 is 23.9 Å². The number of ether oxygens (including phenoxy) is 1. The molecule has 0 spiro atoms. The average molecular weight is 503 g/mol. The average Bonchev–Trinajstić information content (AvgIpc) is 2.82. The van der Waals surface area contributed by atoms with Gasteiger partial charge in [-0.05, 0) is 47.4 Å². The maximum absolute atomic E-state index is 11.8. The molecule has 0 aromatic heterocycles. The normalized spacial score (nSPS) is 10.9. The summed E-state index contributed by atoms with van der Waals surface area (Å²) in [5.74, 6) is -6.23. The van der Waals surface area contributed by atoms with Crippen LogP contribution in [0, 0.1) is 11.3 Å². The molecule has 3 aromatic carbocycles. The van der Waals surface area contributed by atoms with E-state index in [0.717, 1.165) is 29.8 Å². The number of nitrogens with zero attached hydrogens (tertiary/aromatic N) is 1. The number of hydrogen-bond donors (Lipinski definition) is 4. The molecule has 3 aromatic rings. The minimum atomic E-state index is -1.59. The van der Waals surface area contributed by atoms with Crippen molar-refractivity contribution in [3.63, 3.8) is 0 Å². The zero-order valence-electron chi connectivity index (χ0n) is 19.9. The van der Waals surface area contributed by atoms with Crippen LogP contribution in [0.25, 0.3) is 11.1 Å². The highest BCUT2D eigenvalue weighted by Gasteiger charge is 2.26. The minimum Gasteiger partial charge on any atom is -0.478 e. The van der Waals surface area contributed by atoms with E-state index < -0.39 is 46.1 Å². The maximum atomic E-state index is 11.8. The summed E-state index contributed by atoms with van der Waals surface area (Å²) in [7, 11) is 0. The number of nitriles is 1. The molecule has 0 bridgehead atoms. The van der Waals surface area contributed by atoms with Crippen molar-refractivity contribution < 1.29 is 44.3 Å². The van der Waals surface area contributed by atoms with Gasteiger partial charge in [-0.25, -0.2) is 19.2 Å². The van der Waals surface area contributed by atoms with E-state index in [1.807, 2.05) is 20.8 Å². The molecule has 0 unspecified atom stereocenters. The predicted molar refractivity (Wildman–Crippen MR) is 130 cm³/mol. The number of hydrogen-bond acceptors (Lipinski definition) is 6. The SMILES string of the molecule is CC(C)(C)c1ccc(Oc2cc(C(=O)O)c(C(=O)O)cc2-c2cc(C(=O)O)c(C(=O)O)cc2C#N)cc1. The Bertz CT molecular complexity index is 1490. The first-order valence-electron chi connectivity index (χ1n) is 10.7. The first kappa shape index (κ1) is 26.4. The molecule has 37 heavy (non-hydrogen) atoms. The summed E-state index contributed by atoms with van der Waals surface area (Å²) in [4.78, 5) is 47.0. The van der Waals surface area contributed by atoms with Gasteiger partial charge in [-0.2, -0.15) is 5.26 Å². The highest BCUT2D eigenvalue weighted by molar-refractivity contribution is 6.06. The van der Waals surface area contributed by atoms with Gasteiger partial charge in [-0.1, -0.05) is 32.9 Å². The van der Waals surface area contributed by atoms with E-state index in [1.54, 1.807) is 30.3 Å². The van der Waals surface area contributed by atoms with Crippen LogP contribution in [0.4, 0.5) is 0 Å². The van der Waals surface area contributed by atoms with Crippen molar-refractivity contribution in [2.75, 3.05) is 0 Å². The second-order valence-electron chi connectivity index (χ2n) is 9.05. The number of aromatic carboxylic acids is 4. The fourth-order valence-electron chi connectivity index (χ4n) is 3.65. The topological polar surface area (TPSA) is 182 Å². The Kier molecular flexibility index (Phi) is 7.02. The molecule has 10 heteroatoms.